The van der Waals surface area contributed by atoms with Gasteiger partial charge in [0.05, 0.1) is 12.2 Å². The van der Waals surface area contributed by atoms with Crippen molar-refractivity contribution < 1.29 is 4.74 Å². The van der Waals surface area contributed by atoms with Gasteiger partial charge in [0.2, 0.25) is 0 Å². The smallest absolute Gasteiger partial charge is 0.0763 e. The maximum Gasteiger partial charge on any atom is 0.0763 e. The van der Waals surface area contributed by atoms with Crippen LogP contribution in [0.1, 0.15) is 30.4 Å². The Morgan fingerprint density at radius 2 is 2.29 bits per heavy atom. The molecule has 3 heteroatoms. The van der Waals surface area contributed by atoms with Crippen LogP contribution in [0.3, 0.4) is 0 Å². The Labute approximate surface area is 107 Å². The van der Waals surface area contributed by atoms with Gasteiger partial charge in [-0.15, -0.1) is 0 Å². The summed E-state index contributed by atoms with van der Waals surface area (Å²) < 4.78 is 5.86. The van der Waals surface area contributed by atoms with Crippen molar-refractivity contribution in [3.05, 3.63) is 34.3 Å². The van der Waals surface area contributed by atoms with Crippen molar-refractivity contribution >= 4 is 11.6 Å². The van der Waals surface area contributed by atoms with Crippen molar-refractivity contribution in [2.45, 2.75) is 50.4 Å². The van der Waals surface area contributed by atoms with Crippen LogP contribution in [0.25, 0.3) is 0 Å². The first-order chi connectivity index (χ1) is 8.07. The molecule has 3 unspecified atom stereocenters. The molecule has 0 spiro atoms. The van der Waals surface area contributed by atoms with Crippen molar-refractivity contribution in [2.24, 2.45) is 5.73 Å². The molecule has 3 rings (SSSR count). The molecular weight excluding hydrogens is 234 g/mol. The second-order valence-corrected chi connectivity index (χ2v) is 5.94. The number of hydrogen-bond donors (Lipinski definition) is 1. The van der Waals surface area contributed by atoms with Gasteiger partial charge in [0.15, 0.2) is 0 Å². The lowest BCUT2D eigenvalue weighted by molar-refractivity contribution is 0.0856. The van der Waals surface area contributed by atoms with Gasteiger partial charge in [0.1, 0.15) is 0 Å². The molecule has 2 heterocycles. The fraction of sp³-hybridized carbons (Fsp3) is 0.571. The molecule has 3 atom stereocenters. The monoisotopic (exact) mass is 251 g/mol. The molecule has 92 valence electrons. The number of halogens is 1. The highest BCUT2D eigenvalue weighted by atomic mass is 35.5. The van der Waals surface area contributed by atoms with E-state index < -0.39 is 0 Å². The van der Waals surface area contributed by atoms with Gasteiger partial charge in [-0.1, -0.05) is 23.7 Å². The van der Waals surface area contributed by atoms with Gasteiger partial charge in [-0.3, -0.25) is 0 Å². The second kappa shape index (κ2) is 3.98. The van der Waals surface area contributed by atoms with Crippen LogP contribution in [0.5, 0.6) is 0 Å². The van der Waals surface area contributed by atoms with Crippen LogP contribution in [-0.4, -0.2) is 17.7 Å². The van der Waals surface area contributed by atoms with E-state index in [-0.39, 0.29) is 11.6 Å². The molecule has 1 aromatic rings. The molecule has 2 aliphatic rings. The number of aryl methyl sites for hydroxylation is 1. The van der Waals surface area contributed by atoms with Gasteiger partial charge in [-0.25, -0.2) is 0 Å². The molecule has 0 aromatic heterocycles. The third-order valence-electron chi connectivity index (χ3n) is 4.08. The van der Waals surface area contributed by atoms with Crippen LogP contribution in [-0.2, 0) is 11.2 Å². The molecule has 2 N–H and O–H groups in total. The molecule has 1 aromatic carbocycles. The standard InChI is InChI=1S/C14H18ClNO/c1-9-2-3-10(12(15)6-9)7-14(16)8-11-4-5-13(14)17-11/h2-3,6,11,13H,4-5,7-8,16H2,1H3. The quantitative estimate of drug-likeness (QED) is 0.877. The van der Waals surface area contributed by atoms with Gasteiger partial charge in [-0.05, 0) is 49.8 Å². The lowest BCUT2D eigenvalue weighted by atomic mass is 9.78. The third kappa shape index (κ3) is 1.99. The van der Waals surface area contributed by atoms with Crippen molar-refractivity contribution in [1.82, 2.24) is 0 Å². The van der Waals surface area contributed by atoms with E-state index >= 15 is 0 Å². The highest BCUT2D eigenvalue weighted by Gasteiger charge is 2.49. The summed E-state index contributed by atoms with van der Waals surface area (Å²) in [5.41, 5.74) is 8.63. The van der Waals surface area contributed by atoms with Gasteiger partial charge < -0.3 is 10.5 Å². The maximum absolute atomic E-state index is 6.50. The van der Waals surface area contributed by atoms with Crippen LogP contribution < -0.4 is 5.73 Å². The van der Waals surface area contributed by atoms with Crippen LogP contribution in [0.2, 0.25) is 5.02 Å². The number of rotatable bonds is 2. The Bertz CT molecular complexity index is 448. The highest BCUT2D eigenvalue weighted by Crippen LogP contribution is 2.42. The number of ether oxygens (including phenoxy) is 1. The first-order valence-corrected chi connectivity index (χ1v) is 6.64. The first kappa shape index (κ1) is 11.5. The number of fused-ring (bicyclic) bond motifs is 2. The summed E-state index contributed by atoms with van der Waals surface area (Å²) in [6.45, 7) is 2.05. The van der Waals surface area contributed by atoms with E-state index in [9.17, 15) is 0 Å². The highest BCUT2D eigenvalue weighted by molar-refractivity contribution is 6.31. The minimum Gasteiger partial charge on any atom is -0.373 e. The summed E-state index contributed by atoms with van der Waals surface area (Å²) in [5.74, 6) is 0. The van der Waals surface area contributed by atoms with Crippen LogP contribution in [0.15, 0.2) is 18.2 Å². The molecule has 2 fully saturated rings. The van der Waals surface area contributed by atoms with Crippen LogP contribution in [0, 0.1) is 6.92 Å². The lowest BCUT2D eigenvalue weighted by Gasteiger charge is -2.31. The first-order valence-electron chi connectivity index (χ1n) is 6.26. The van der Waals surface area contributed by atoms with Crippen LogP contribution >= 0.6 is 11.6 Å². The van der Waals surface area contributed by atoms with Gasteiger partial charge in [0.25, 0.3) is 0 Å². The molecule has 0 saturated carbocycles. The Balaban J connectivity index is 1.83. The van der Waals surface area contributed by atoms with Crippen molar-refractivity contribution in [3.8, 4) is 0 Å². The second-order valence-electron chi connectivity index (χ2n) is 5.53. The summed E-state index contributed by atoms with van der Waals surface area (Å²) >= 11 is 6.28. The zero-order valence-corrected chi connectivity index (χ0v) is 10.8. The maximum atomic E-state index is 6.50. The molecule has 2 aliphatic heterocycles. The van der Waals surface area contributed by atoms with E-state index in [0.29, 0.717) is 6.10 Å². The number of hydrogen-bond acceptors (Lipinski definition) is 2. The largest absolute Gasteiger partial charge is 0.373 e. The molecular formula is C14H18ClNO. The van der Waals surface area contributed by atoms with Gasteiger partial charge >= 0.3 is 0 Å². The predicted octanol–water partition coefficient (Wildman–Crippen LogP) is 2.84. The zero-order chi connectivity index (χ0) is 12.0. The van der Waals surface area contributed by atoms with E-state index in [0.717, 1.165) is 29.8 Å². The van der Waals surface area contributed by atoms with E-state index in [1.54, 1.807) is 0 Å². The zero-order valence-electron chi connectivity index (χ0n) is 10.1. The van der Waals surface area contributed by atoms with Crippen molar-refractivity contribution in [3.63, 3.8) is 0 Å². The molecule has 2 bridgehead atoms. The topological polar surface area (TPSA) is 35.2 Å². The van der Waals surface area contributed by atoms with Crippen LogP contribution in [0.4, 0.5) is 0 Å². The van der Waals surface area contributed by atoms with Crippen molar-refractivity contribution in [1.29, 1.82) is 0 Å². The summed E-state index contributed by atoms with van der Waals surface area (Å²) in [6.07, 6.45) is 4.68. The minimum absolute atomic E-state index is 0.207. The van der Waals surface area contributed by atoms with E-state index in [1.165, 1.54) is 12.0 Å². The molecule has 2 nitrogen and oxygen atoms in total. The summed E-state index contributed by atoms with van der Waals surface area (Å²) in [5, 5.41) is 0.831. The van der Waals surface area contributed by atoms with E-state index in [4.69, 9.17) is 22.1 Å². The van der Waals surface area contributed by atoms with Crippen molar-refractivity contribution in [2.75, 3.05) is 0 Å². The lowest BCUT2D eigenvalue weighted by Crippen LogP contribution is -2.50. The predicted molar refractivity (Wildman–Crippen MR) is 69.3 cm³/mol. The molecule has 17 heavy (non-hydrogen) atoms. The van der Waals surface area contributed by atoms with Gasteiger partial charge in [0, 0.05) is 10.6 Å². The minimum atomic E-state index is -0.207. The fourth-order valence-corrected chi connectivity index (χ4v) is 3.47. The Hall–Kier alpha value is -0.570. The fourth-order valence-electron chi connectivity index (χ4n) is 3.17. The molecule has 0 amide bonds. The number of benzene rings is 1. The summed E-state index contributed by atoms with van der Waals surface area (Å²) in [4.78, 5) is 0. The average Bonchev–Trinajstić information content (AvgIpc) is 2.82. The molecule has 0 aliphatic carbocycles. The molecule has 2 saturated heterocycles. The Morgan fingerprint density at radius 3 is 2.88 bits per heavy atom. The summed E-state index contributed by atoms with van der Waals surface area (Å²) in [7, 11) is 0. The SMILES string of the molecule is Cc1ccc(CC2(N)CC3CCC2O3)c(Cl)c1. The Morgan fingerprint density at radius 1 is 1.47 bits per heavy atom. The summed E-state index contributed by atoms with van der Waals surface area (Å²) in [6, 6.07) is 6.20. The Kier molecular flexibility index (Phi) is 2.69. The molecule has 0 radical (unpaired) electrons. The van der Waals surface area contributed by atoms with E-state index in [2.05, 4.69) is 19.1 Å². The third-order valence-corrected chi connectivity index (χ3v) is 4.44. The normalized spacial score (nSPS) is 35.5. The number of nitrogens with two attached hydrogens (primary N) is 1. The van der Waals surface area contributed by atoms with E-state index in [1.807, 2.05) is 6.07 Å². The average molecular weight is 252 g/mol. The van der Waals surface area contributed by atoms with Gasteiger partial charge in [-0.2, -0.15) is 0 Å².